The Morgan fingerprint density at radius 2 is 2.07 bits per heavy atom. The molecule has 0 radical (unpaired) electrons. The smallest absolute Gasteiger partial charge is 0.246 e. The molecule has 0 spiro atoms. The van der Waals surface area contributed by atoms with Gasteiger partial charge in [-0.05, 0) is 56.2 Å². The zero-order valence-electron chi connectivity index (χ0n) is 16.2. The van der Waals surface area contributed by atoms with E-state index in [1.807, 2.05) is 31.2 Å². The average molecular weight is 414 g/mol. The van der Waals surface area contributed by atoms with Crippen molar-refractivity contribution in [1.29, 1.82) is 0 Å². The number of rotatable bonds is 6. The second kappa shape index (κ2) is 7.49. The standard InChI is InChI=1S/C20H22N4O4S/c1-3-27-18-7-5-4-6-16(18)20-22-19(28-23-20)12-24-13(2)10-14-11-15(29(21,25)26)8-9-17(14)24/h4-9,11,13H,3,10,12H2,1-2H3,(H2,21,25,26)/t13-/m0/s1. The lowest BCUT2D eigenvalue weighted by Crippen LogP contribution is -2.28. The van der Waals surface area contributed by atoms with Gasteiger partial charge >= 0.3 is 0 Å². The van der Waals surface area contributed by atoms with Crippen LogP contribution in [0.2, 0.25) is 0 Å². The normalized spacial score (nSPS) is 16.1. The minimum absolute atomic E-state index is 0.123. The van der Waals surface area contributed by atoms with Crippen molar-refractivity contribution < 1.29 is 17.7 Å². The summed E-state index contributed by atoms with van der Waals surface area (Å²) in [7, 11) is -3.73. The van der Waals surface area contributed by atoms with Gasteiger partial charge in [0.2, 0.25) is 21.7 Å². The van der Waals surface area contributed by atoms with Gasteiger partial charge in [-0.1, -0.05) is 17.3 Å². The Morgan fingerprint density at radius 3 is 2.83 bits per heavy atom. The summed E-state index contributed by atoms with van der Waals surface area (Å²) in [5, 5.41) is 9.36. The van der Waals surface area contributed by atoms with Crippen molar-refractivity contribution in [2.24, 2.45) is 5.14 Å². The van der Waals surface area contributed by atoms with Crippen LogP contribution in [0.15, 0.2) is 51.9 Å². The van der Waals surface area contributed by atoms with Gasteiger partial charge in [-0.2, -0.15) is 4.98 Å². The first-order valence-electron chi connectivity index (χ1n) is 9.34. The summed E-state index contributed by atoms with van der Waals surface area (Å²) in [5.74, 6) is 1.65. The second-order valence-electron chi connectivity index (χ2n) is 6.96. The molecule has 0 amide bonds. The number of benzene rings is 2. The first-order valence-corrected chi connectivity index (χ1v) is 10.9. The predicted octanol–water partition coefficient (Wildman–Crippen LogP) is 2.73. The van der Waals surface area contributed by atoms with E-state index in [1.165, 1.54) is 6.07 Å². The summed E-state index contributed by atoms with van der Waals surface area (Å²) in [5.41, 5.74) is 2.65. The van der Waals surface area contributed by atoms with E-state index in [0.717, 1.165) is 16.8 Å². The Hall–Kier alpha value is -2.91. The molecule has 2 aromatic carbocycles. The van der Waals surface area contributed by atoms with E-state index in [9.17, 15) is 8.42 Å². The molecule has 0 fully saturated rings. The number of fused-ring (bicyclic) bond motifs is 1. The molecule has 3 aromatic rings. The van der Waals surface area contributed by atoms with E-state index >= 15 is 0 Å². The summed E-state index contributed by atoms with van der Waals surface area (Å²) >= 11 is 0. The van der Waals surface area contributed by atoms with E-state index in [4.69, 9.17) is 14.4 Å². The minimum Gasteiger partial charge on any atom is -0.493 e. The Bertz CT molecular complexity index is 1140. The Balaban J connectivity index is 1.59. The van der Waals surface area contributed by atoms with E-state index in [1.54, 1.807) is 12.1 Å². The number of ether oxygens (including phenoxy) is 1. The van der Waals surface area contributed by atoms with Crippen LogP contribution in [-0.4, -0.2) is 31.2 Å². The predicted molar refractivity (Wildman–Crippen MR) is 108 cm³/mol. The van der Waals surface area contributed by atoms with E-state index in [-0.39, 0.29) is 10.9 Å². The van der Waals surface area contributed by atoms with Crippen molar-refractivity contribution in [3.63, 3.8) is 0 Å². The highest BCUT2D eigenvalue weighted by molar-refractivity contribution is 7.89. The zero-order chi connectivity index (χ0) is 20.6. The quantitative estimate of drug-likeness (QED) is 0.660. The molecule has 1 atom stereocenters. The lowest BCUT2D eigenvalue weighted by Gasteiger charge is -2.22. The third-order valence-corrected chi connectivity index (χ3v) is 5.85. The van der Waals surface area contributed by atoms with Crippen LogP contribution >= 0.6 is 0 Å². The maximum absolute atomic E-state index is 11.6. The van der Waals surface area contributed by atoms with Crippen LogP contribution in [0.4, 0.5) is 5.69 Å². The zero-order valence-corrected chi connectivity index (χ0v) is 17.0. The molecular weight excluding hydrogens is 392 g/mol. The average Bonchev–Trinajstić information content (AvgIpc) is 3.26. The van der Waals surface area contributed by atoms with Crippen LogP contribution < -0.4 is 14.8 Å². The molecule has 29 heavy (non-hydrogen) atoms. The van der Waals surface area contributed by atoms with Crippen molar-refractivity contribution in [3.05, 3.63) is 53.9 Å². The van der Waals surface area contributed by atoms with Gasteiger partial charge in [-0.15, -0.1) is 0 Å². The fraction of sp³-hybridized carbons (Fsp3) is 0.300. The maximum Gasteiger partial charge on any atom is 0.246 e. The topological polar surface area (TPSA) is 112 Å². The van der Waals surface area contributed by atoms with Gasteiger partial charge in [0.05, 0.1) is 23.6 Å². The maximum atomic E-state index is 11.6. The third-order valence-electron chi connectivity index (χ3n) is 4.94. The lowest BCUT2D eigenvalue weighted by atomic mass is 10.1. The molecule has 152 valence electrons. The molecule has 1 aliphatic rings. The van der Waals surface area contributed by atoms with Crippen molar-refractivity contribution in [2.75, 3.05) is 11.5 Å². The van der Waals surface area contributed by atoms with Crippen molar-refractivity contribution in [2.45, 2.75) is 37.8 Å². The van der Waals surface area contributed by atoms with E-state index < -0.39 is 10.0 Å². The number of sulfonamides is 1. The number of nitrogens with zero attached hydrogens (tertiary/aromatic N) is 3. The number of aromatic nitrogens is 2. The highest BCUT2D eigenvalue weighted by atomic mass is 32.2. The molecule has 1 aromatic heterocycles. The third kappa shape index (κ3) is 3.83. The molecule has 0 bridgehead atoms. The van der Waals surface area contributed by atoms with Crippen LogP contribution in [0.3, 0.4) is 0 Å². The number of nitrogens with two attached hydrogens (primary N) is 1. The van der Waals surface area contributed by atoms with Gasteiger partial charge in [0.15, 0.2) is 0 Å². The number of hydrogen-bond acceptors (Lipinski definition) is 7. The molecule has 0 saturated carbocycles. The number of para-hydroxylation sites is 1. The highest BCUT2D eigenvalue weighted by Gasteiger charge is 2.29. The first-order chi connectivity index (χ1) is 13.9. The van der Waals surface area contributed by atoms with Crippen molar-refractivity contribution in [1.82, 2.24) is 10.1 Å². The summed E-state index contributed by atoms with van der Waals surface area (Å²) in [6.45, 7) is 4.96. The SMILES string of the molecule is CCOc1ccccc1-c1noc(CN2c3ccc(S(N)(=O)=O)cc3C[C@@H]2C)n1. The molecule has 9 heteroatoms. The molecule has 0 unspecified atom stereocenters. The number of hydrogen-bond donors (Lipinski definition) is 1. The fourth-order valence-corrected chi connectivity index (χ4v) is 4.16. The highest BCUT2D eigenvalue weighted by Crippen LogP contribution is 2.35. The van der Waals surface area contributed by atoms with Gasteiger partial charge < -0.3 is 14.2 Å². The number of primary sulfonamides is 1. The Labute approximate surface area is 169 Å². The fourth-order valence-electron chi connectivity index (χ4n) is 3.60. The second-order valence-corrected chi connectivity index (χ2v) is 8.52. The van der Waals surface area contributed by atoms with Crippen LogP contribution in [0.1, 0.15) is 25.3 Å². The van der Waals surface area contributed by atoms with Crippen LogP contribution in [-0.2, 0) is 23.0 Å². The van der Waals surface area contributed by atoms with Crippen LogP contribution in [0.5, 0.6) is 5.75 Å². The molecule has 4 rings (SSSR count). The summed E-state index contributed by atoms with van der Waals surface area (Å²) in [4.78, 5) is 6.78. The number of anilines is 1. The summed E-state index contributed by atoms with van der Waals surface area (Å²) < 4.78 is 34.4. The summed E-state index contributed by atoms with van der Waals surface area (Å²) in [6, 6.07) is 12.7. The first kappa shape index (κ1) is 19.4. The van der Waals surface area contributed by atoms with Crippen molar-refractivity contribution >= 4 is 15.7 Å². The molecule has 2 heterocycles. The van der Waals surface area contributed by atoms with Gasteiger partial charge in [-0.25, -0.2) is 13.6 Å². The molecule has 2 N–H and O–H groups in total. The monoisotopic (exact) mass is 414 g/mol. The van der Waals surface area contributed by atoms with E-state index in [2.05, 4.69) is 22.0 Å². The Kier molecular flexibility index (Phi) is 5.01. The Morgan fingerprint density at radius 1 is 1.28 bits per heavy atom. The summed E-state index contributed by atoms with van der Waals surface area (Å²) in [6.07, 6.45) is 0.715. The van der Waals surface area contributed by atoms with Gasteiger partial charge in [0.1, 0.15) is 5.75 Å². The van der Waals surface area contributed by atoms with E-state index in [0.29, 0.717) is 37.0 Å². The molecular formula is C20H22N4O4S. The molecule has 1 aliphatic heterocycles. The molecule has 0 aliphatic carbocycles. The largest absolute Gasteiger partial charge is 0.493 e. The van der Waals surface area contributed by atoms with Gasteiger partial charge in [-0.3, -0.25) is 0 Å². The van der Waals surface area contributed by atoms with Crippen molar-refractivity contribution in [3.8, 4) is 17.1 Å². The molecule has 0 saturated heterocycles. The minimum atomic E-state index is -3.73. The molecule has 8 nitrogen and oxygen atoms in total. The van der Waals surface area contributed by atoms with Gasteiger partial charge in [0.25, 0.3) is 0 Å². The lowest BCUT2D eigenvalue weighted by molar-refractivity contribution is 0.340. The van der Waals surface area contributed by atoms with Crippen LogP contribution in [0.25, 0.3) is 11.4 Å². The van der Waals surface area contributed by atoms with Gasteiger partial charge in [0, 0.05) is 11.7 Å². The van der Waals surface area contributed by atoms with Crippen LogP contribution in [0, 0.1) is 0 Å².